The fraction of sp³-hybridized carbons (Fsp3) is 0.375. The van der Waals surface area contributed by atoms with Crippen molar-refractivity contribution in [2.24, 2.45) is 0 Å². The van der Waals surface area contributed by atoms with Crippen LogP contribution in [0.25, 0.3) is 0 Å². The third-order valence-corrected chi connectivity index (χ3v) is 9.29. The van der Waals surface area contributed by atoms with E-state index in [1.165, 1.54) is 4.90 Å². The molecule has 1 aliphatic rings. The van der Waals surface area contributed by atoms with Crippen molar-refractivity contribution >= 4 is 27.5 Å². The van der Waals surface area contributed by atoms with Crippen LogP contribution in [0.1, 0.15) is 50.2 Å². The molecule has 4 rings (SSSR count). The van der Waals surface area contributed by atoms with Crippen LogP contribution in [-0.4, -0.2) is 50.9 Å². The van der Waals surface area contributed by atoms with Crippen molar-refractivity contribution in [2.45, 2.75) is 69.5 Å². The largest absolute Gasteiger partial charge is 0.497 e. The molecule has 0 bridgehead atoms. The van der Waals surface area contributed by atoms with Gasteiger partial charge in [-0.1, -0.05) is 67.8 Å². The number of carbonyl (C=O) groups is 2. The SMILES string of the molecule is CCC(C(=O)NC1CCCC1)N(Cc1cccc(OC)c1)C(=O)CN(c1ccccc1)S(=O)(=O)c1ccc(C)cc1. The molecule has 41 heavy (non-hydrogen) atoms. The first-order valence-corrected chi connectivity index (χ1v) is 15.5. The van der Waals surface area contributed by atoms with Crippen LogP contribution >= 0.6 is 0 Å². The summed E-state index contributed by atoms with van der Waals surface area (Å²) in [5, 5.41) is 3.13. The van der Waals surface area contributed by atoms with E-state index in [1.807, 2.05) is 38.1 Å². The van der Waals surface area contributed by atoms with Crippen LogP contribution in [-0.2, 0) is 26.2 Å². The van der Waals surface area contributed by atoms with Gasteiger partial charge in [0.1, 0.15) is 18.3 Å². The molecule has 0 aromatic heterocycles. The first-order valence-electron chi connectivity index (χ1n) is 14.1. The summed E-state index contributed by atoms with van der Waals surface area (Å²) in [5.74, 6) is -0.0599. The van der Waals surface area contributed by atoms with E-state index < -0.39 is 28.5 Å². The molecule has 0 radical (unpaired) electrons. The second-order valence-electron chi connectivity index (χ2n) is 10.4. The third kappa shape index (κ3) is 7.47. The maximum Gasteiger partial charge on any atom is 0.264 e. The van der Waals surface area contributed by atoms with E-state index in [2.05, 4.69) is 5.32 Å². The number of nitrogens with one attached hydrogen (secondary N) is 1. The Morgan fingerprint density at radius 3 is 2.29 bits per heavy atom. The van der Waals surface area contributed by atoms with Gasteiger partial charge < -0.3 is 15.0 Å². The van der Waals surface area contributed by atoms with Gasteiger partial charge in [0.15, 0.2) is 0 Å². The molecule has 2 amide bonds. The number of rotatable bonds is 12. The number of benzene rings is 3. The van der Waals surface area contributed by atoms with Gasteiger partial charge in [0, 0.05) is 12.6 Å². The molecule has 1 unspecified atom stereocenters. The fourth-order valence-corrected chi connectivity index (χ4v) is 6.63. The number of carbonyl (C=O) groups excluding carboxylic acids is 2. The Balaban J connectivity index is 1.70. The number of anilines is 1. The summed E-state index contributed by atoms with van der Waals surface area (Å²) in [6.07, 6.45) is 4.35. The molecule has 1 N–H and O–H groups in total. The van der Waals surface area contributed by atoms with Gasteiger partial charge in [0.25, 0.3) is 10.0 Å². The number of hydrogen-bond acceptors (Lipinski definition) is 5. The Morgan fingerprint density at radius 2 is 1.66 bits per heavy atom. The lowest BCUT2D eigenvalue weighted by Gasteiger charge is -2.33. The van der Waals surface area contributed by atoms with E-state index in [-0.39, 0.29) is 23.4 Å². The Hall–Kier alpha value is -3.85. The van der Waals surface area contributed by atoms with Crippen molar-refractivity contribution in [1.29, 1.82) is 0 Å². The molecule has 0 spiro atoms. The van der Waals surface area contributed by atoms with Crippen molar-refractivity contribution in [3.63, 3.8) is 0 Å². The van der Waals surface area contributed by atoms with Crippen LogP contribution in [0.3, 0.4) is 0 Å². The average molecular weight is 578 g/mol. The normalized spacial score (nSPS) is 14.3. The average Bonchev–Trinajstić information content (AvgIpc) is 3.49. The predicted molar refractivity (Wildman–Crippen MR) is 160 cm³/mol. The van der Waals surface area contributed by atoms with Crippen LogP contribution in [0.5, 0.6) is 5.75 Å². The lowest BCUT2D eigenvalue weighted by Crippen LogP contribution is -2.53. The fourth-order valence-electron chi connectivity index (χ4n) is 5.21. The number of aryl methyl sites for hydroxylation is 1. The highest BCUT2D eigenvalue weighted by atomic mass is 32.2. The number of amides is 2. The molecule has 1 atom stereocenters. The highest BCUT2D eigenvalue weighted by molar-refractivity contribution is 7.92. The molecule has 218 valence electrons. The number of para-hydroxylation sites is 1. The summed E-state index contributed by atoms with van der Waals surface area (Å²) in [6, 6.07) is 21.8. The van der Waals surface area contributed by atoms with E-state index in [9.17, 15) is 18.0 Å². The first kappa shape index (κ1) is 30.1. The summed E-state index contributed by atoms with van der Waals surface area (Å²) in [7, 11) is -2.52. The Bertz CT molecular complexity index is 1420. The number of methoxy groups -OCH3 is 1. The minimum absolute atomic E-state index is 0.0881. The summed E-state index contributed by atoms with van der Waals surface area (Å²) in [4.78, 5) is 29.3. The highest BCUT2D eigenvalue weighted by Crippen LogP contribution is 2.26. The zero-order valence-corrected chi connectivity index (χ0v) is 24.8. The quantitative estimate of drug-likeness (QED) is 0.325. The molecule has 3 aromatic carbocycles. The van der Waals surface area contributed by atoms with Crippen LogP contribution in [0.2, 0.25) is 0 Å². The number of ether oxygens (including phenoxy) is 1. The van der Waals surface area contributed by atoms with E-state index in [0.717, 1.165) is 41.1 Å². The van der Waals surface area contributed by atoms with Crippen LogP contribution in [0.4, 0.5) is 5.69 Å². The maximum atomic E-state index is 14.2. The van der Waals surface area contributed by atoms with Crippen molar-refractivity contribution in [3.8, 4) is 5.75 Å². The van der Waals surface area contributed by atoms with E-state index in [0.29, 0.717) is 17.9 Å². The lowest BCUT2D eigenvalue weighted by molar-refractivity contribution is -0.140. The zero-order chi connectivity index (χ0) is 29.4. The topological polar surface area (TPSA) is 96.0 Å². The molecular formula is C32H39N3O5S. The molecule has 1 aliphatic carbocycles. The first-order chi connectivity index (χ1) is 19.7. The molecule has 3 aromatic rings. The van der Waals surface area contributed by atoms with Gasteiger partial charge in [-0.15, -0.1) is 0 Å². The zero-order valence-electron chi connectivity index (χ0n) is 24.0. The minimum atomic E-state index is -4.09. The molecule has 1 saturated carbocycles. The van der Waals surface area contributed by atoms with E-state index >= 15 is 0 Å². The number of nitrogens with zero attached hydrogens (tertiary/aromatic N) is 2. The minimum Gasteiger partial charge on any atom is -0.497 e. The van der Waals surface area contributed by atoms with Crippen molar-refractivity contribution < 1.29 is 22.7 Å². The van der Waals surface area contributed by atoms with Crippen molar-refractivity contribution in [2.75, 3.05) is 18.0 Å². The maximum absolute atomic E-state index is 14.2. The Labute approximate surface area is 243 Å². The second-order valence-corrected chi connectivity index (χ2v) is 12.3. The molecule has 1 fully saturated rings. The van der Waals surface area contributed by atoms with Gasteiger partial charge in [-0.25, -0.2) is 8.42 Å². The molecule has 0 heterocycles. The molecule has 9 heteroatoms. The predicted octanol–water partition coefficient (Wildman–Crippen LogP) is 5.07. The van der Waals surface area contributed by atoms with Crippen LogP contribution in [0.15, 0.2) is 83.8 Å². The van der Waals surface area contributed by atoms with Gasteiger partial charge in [0.2, 0.25) is 11.8 Å². The monoisotopic (exact) mass is 577 g/mol. The molecule has 0 saturated heterocycles. The summed E-state index contributed by atoms with van der Waals surface area (Å²) < 4.78 is 34.3. The van der Waals surface area contributed by atoms with E-state index in [4.69, 9.17) is 4.74 Å². The second kappa shape index (κ2) is 13.7. The summed E-state index contributed by atoms with van der Waals surface area (Å²) in [6.45, 7) is 3.41. The Morgan fingerprint density at radius 1 is 0.976 bits per heavy atom. The molecular weight excluding hydrogens is 538 g/mol. The standard InChI is InChI=1S/C32H39N3O5S/c1-4-30(32(37)33-26-12-8-9-13-26)34(22-25-11-10-16-28(21-25)40-3)31(36)23-35(27-14-6-5-7-15-27)41(38,39)29-19-17-24(2)18-20-29/h5-7,10-11,14-21,26,30H,4,8-9,12-13,22-23H2,1-3H3,(H,33,37). The van der Waals surface area contributed by atoms with E-state index in [1.54, 1.807) is 61.7 Å². The van der Waals surface area contributed by atoms with Crippen molar-refractivity contribution in [1.82, 2.24) is 10.2 Å². The van der Waals surface area contributed by atoms with Gasteiger partial charge in [-0.2, -0.15) is 0 Å². The smallest absolute Gasteiger partial charge is 0.264 e. The van der Waals surface area contributed by atoms with Gasteiger partial charge in [-0.05, 0) is 68.1 Å². The van der Waals surface area contributed by atoms with Crippen molar-refractivity contribution in [3.05, 3.63) is 90.0 Å². The third-order valence-electron chi connectivity index (χ3n) is 7.51. The molecule has 0 aliphatic heterocycles. The Kier molecular flexibility index (Phi) is 10.0. The number of sulfonamides is 1. The van der Waals surface area contributed by atoms with Crippen LogP contribution < -0.4 is 14.4 Å². The van der Waals surface area contributed by atoms with Gasteiger partial charge >= 0.3 is 0 Å². The van der Waals surface area contributed by atoms with Gasteiger partial charge in [-0.3, -0.25) is 13.9 Å². The summed E-state index contributed by atoms with van der Waals surface area (Å²) >= 11 is 0. The molecule has 8 nitrogen and oxygen atoms in total. The number of hydrogen-bond donors (Lipinski definition) is 1. The van der Waals surface area contributed by atoms with Gasteiger partial charge in [0.05, 0.1) is 17.7 Å². The lowest BCUT2D eigenvalue weighted by atomic mass is 10.1. The highest BCUT2D eigenvalue weighted by Gasteiger charge is 2.34. The van der Waals surface area contributed by atoms with Crippen LogP contribution in [0, 0.1) is 6.92 Å². The summed E-state index contributed by atoms with van der Waals surface area (Å²) in [5.41, 5.74) is 2.07.